The molecule has 1 aromatic rings. The Hall–Kier alpha value is -1.53. The van der Waals surface area contributed by atoms with Gasteiger partial charge in [-0.15, -0.1) is 0 Å². The molecule has 0 aliphatic rings. The van der Waals surface area contributed by atoms with Crippen molar-refractivity contribution in [1.82, 2.24) is 4.90 Å². The van der Waals surface area contributed by atoms with Gasteiger partial charge in [0.25, 0.3) is 0 Å². The maximum absolute atomic E-state index is 8.79. The largest absolute Gasteiger partial charge is 0.492 e. The minimum absolute atomic E-state index is 0.135. The SMILES string of the molecule is Cc1cc(C)c(OCC(CC#N)N(C)C)cc1C. The van der Waals surface area contributed by atoms with E-state index >= 15 is 0 Å². The second kappa shape index (κ2) is 6.42. The Morgan fingerprint density at radius 3 is 2.33 bits per heavy atom. The number of hydrogen-bond donors (Lipinski definition) is 0. The lowest BCUT2D eigenvalue weighted by atomic mass is 10.1. The van der Waals surface area contributed by atoms with Crippen LogP contribution in [0.1, 0.15) is 23.1 Å². The van der Waals surface area contributed by atoms with Crippen molar-refractivity contribution in [3.63, 3.8) is 0 Å². The predicted molar refractivity (Wildman–Crippen MR) is 73.9 cm³/mol. The molecule has 3 heteroatoms. The lowest BCUT2D eigenvalue weighted by Crippen LogP contribution is -2.33. The van der Waals surface area contributed by atoms with Crippen molar-refractivity contribution in [2.45, 2.75) is 33.2 Å². The van der Waals surface area contributed by atoms with Gasteiger partial charge in [-0.1, -0.05) is 6.07 Å². The van der Waals surface area contributed by atoms with Crippen LogP contribution < -0.4 is 4.74 Å². The summed E-state index contributed by atoms with van der Waals surface area (Å²) in [6.07, 6.45) is 0.483. The molecule has 0 fully saturated rings. The van der Waals surface area contributed by atoms with E-state index in [2.05, 4.69) is 39.0 Å². The van der Waals surface area contributed by atoms with Gasteiger partial charge in [0.15, 0.2) is 0 Å². The number of nitrogens with zero attached hydrogens (tertiary/aromatic N) is 2. The Morgan fingerprint density at radius 1 is 1.17 bits per heavy atom. The molecule has 3 nitrogen and oxygen atoms in total. The number of ether oxygens (including phenoxy) is 1. The third kappa shape index (κ3) is 3.75. The minimum Gasteiger partial charge on any atom is -0.492 e. The first-order valence-electron chi connectivity index (χ1n) is 6.19. The highest BCUT2D eigenvalue weighted by Crippen LogP contribution is 2.22. The van der Waals surface area contributed by atoms with Crippen LogP contribution in [0.15, 0.2) is 12.1 Å². The fraction of sp³-hybridized carbons (Fsp3) is 0.533. The molecule has 0 aliphatic carbocycles. The molecule has 0 bridgehead atoms. The van der Waals surface area contributed by atoms with Crippen molar-refractivity contribution in [2.75, 3.05) is 20.7 Å². The Balaban J connectivity index is 2.74. The summed E-state index contributed by atoms with van der Waals surface area (Å²) in [5.74, 6) is 0.919. The number of likely N-dealkylation sites (N-methyl/N-ethyl adjacent to an activating group) is 1. The zero-order chi connectivity index (χ0) is 13.7. The molecule has 0 N–H and O–H groups in total. The number of nitriles is 1. The molecule has 0 saturated heterocycles. The maximum Gasteiger partial charge on any atom is 0.122 e. The first-order chi connectivity index (χ1) is 8.45. The van der Waals surface area contributed by atoms with Crippen molar-refractivity contribution in [1.29, 1.82) is 5.26 Å². The van der Waals surface area contributed by atoms with E-state index in [1.807, 2.05) is 19.0 Å². The van der Waals surface area contributed by atoms with Crippen molar-refractivity contribution < 1.29 is 4.74 Å². The Kier molecular flexibility index (Phi) is 5.18. The van der Waals surface area contributed by atoms with Gasteiger partial charge >= 0.3 is 0 Å². The van der Waals surface area contributed by atoms with E-state index in [0.717, 1.165) is 11.3 Å². The van der Waals surface area contributed by atoms with Crippen LogP contribution in [0.25, 0.3) is 0 Å². The molecule has 98 valence electrons. The van der Waals surface area contributed by atoms with Crippen molar-refractivity contribution in [2.24, 2.45) is 0 Å². The summed E-state index contributed by atoms with van der Waals surface area (Å²) in [5.41, 5.74) is 3.66. The fourth-order valence-corrected chi connectivity index (χ4v) is 1.77. The second-order valence-electron chi connectivity index (χ2n) is 4.99. The zero-order valence-electron chi connectivity index (χ0n) is 11.9. The van der Waals surface area contributed by atoms with Crippen LogP contribution >= 0.6 is 0 Å². The highest BCUT2D eigenvalue weighted by atomic mass is 16.5. The molecule has 1 rings (SSSR count). The molecular formula is C15H22N2O. The number of aryl methyl sites for hydroxylation is 3. The standard InChI is InChI=1S/C15H22N2O/c1-11-8-13(3)15(9-12(11)2)18-10-14(6-7-16)17(4)5/h8-9,14H,6,10H2,1-5H3. The van der Waals surface area contributed by atoms with Crippen LogP contribution in [0.3, 0.4) is 0 Å². The van der Waals surface area contributed by atoms with Gasteiger partial charge in [-0.3, -0.25) is 0 Å². The number of benzene rings is 1. The van der Waals surface area contributed by atoms with Gasteiger partial charge in [-0.25, -0.2) is 0 Å². The van der Waals surface area contributed by atoms with Crippen LogP contribution in [0.5, 0.6) is 5.75 Å². The molecular weight excluding hydrogens is 224 g/mol. The maximum atomic E-state index is 8.79. The van der Waals surface area contributed by atoms with Crippen molar-refractivity contribution in [3.05, 3.63) is 28.8 Å². The topological polar surface area (TPSA) is 36.3 Å². The van der Waals surface area contributed by atoms with E-state index in [4.69, 9.17) is 10.00 Å². The smallest absolute Gasteiger partial charge is 0.122 e. The van der Waals surface area contributed by atoms with E-state index in [9.17, 15) is 0 Å². The monoisotopic (exact) mass is 246 g/mol. The Bertz CT molecular complexity index is 447. The van der Waals surface area contributed by atoms with Gasteiger partial charge in [0.1, 0.15) is 12.4 Å². The summed E-state index contributed by atoms with van der Waals surface area (Å²) in [5, 5.41) is 8.79. The van der Waals surface area contributed by atoms with Gasteiger partial charge in [0, 0.05) is 0 Å². The average molecular weight is 246 g/mol. The number of rotatable bonds is 5. The van der Waals surface area contributed by atoms with Gasteiger partial charge in [-0.05, 0) is 57.6 Å². The summed E-state index contributed by atoms with van der Waals surface area (Å²) < 4.78 is 5.86. The molecule has 1 aromatic carbocycles. The first-order valence-corrected chi connectivity index (χ1v) is 6.19. The summed E-state index contributed by atoms with van der Waals surface area (Å²) in [6, 6.07) is 6.55. The number of hydrogen-bond acceptors (Lipinski definition) is 3. The van der Waals surface area contributed by atoms with Gasteiger partial charge in [0.2, 0.25) is 0 Å². The Morgan fingerprint density at radius 2 is 1.78 bits per heavy atom. The third-order valence-corrected chi connectivity index (χ3v) is 3.28. The summed E-state index contributed by atoms with van der Waals surface area (Å²) >= 11 is 0. The summed E-state index contributed by atoms with van der Waals surface area (Å²) in [4.78, 5) is 2.03. The predicted octanol–water partition coefficient (Wildman–Crippen LogP) is 2.83. The fourth-order valence-electron chi connectivity index (χ4n) is 1.77. The van der Waals surface area contributed by atoms with Crippen molar-refractivity contribution in [3.8, 4) is 11.8 Å². The lowest BCUT2D eigenvalue weighted by molar-refractivity contribution is 0.187. The summed E-state index contributed by atoms with van der Waals surface area (Å²) in [7, 11) is 3.94. The van der Waals surface area contributed by atoms with Crippen LogP contribution in [0.4, 0.5) is 0 Å². The highest BCUT2D eigenvalue weighted by molar-refractivity contribution is 5.40. The van der Waals surface area contributed by atoms with Crippen molar-refractivity contribution >= 4 is 0 Å². The van der Waals surface area contributed by atoms with Crippen LogP contribution in [-0.2, 0) is 0 Å². The minimum atomic E-state index is 0.135. The molecule has 1 atom stereocenters. The third-order valence-electron chi connectivity index (χ3n) is 3.28. The molecule has 0 saturated carbocycles. The molecule has 1 unspecified atom stereocenters. The zero-order valence-corrected chi connectivity index (χ0v) is 11.9. The Labute approximate surface area is 110 Å². The molecule has 18 heavy (non-hydrogen) atoms. The molecule has 0 aliphatic heterocycles. The molecule has 0 spiro atoms. The van der Waals surface area contributed by atoms with Gasteiger partial charge < -0.3 is 9.64 Å². The summed E-state index contributed by atoms with van der Waals surface area (Å²) in [6.45, 7) is 6.78. The van der Waals surface area contributed by atoms with E-state index in [0.29, 0.717) is 13.0 Å². The van der Waals surface area contributed by atoms with E-state index < -0.39 is 0 Å². The van der Waals surface area contributed by atoms with E-state index in [1.165, 1.54) is 11.1 Å². The first kappa shape index (κ1) is 14.5. The molecule has 0 aromatic heterocycles. The quantitative estimate of drug-likeness (QED) is 0.801. The molecule has 0 heterocycles. The molecule has 0 amide bonds. The molecule has 0 radical (unpaired) electrons. The van der Waals surface area contributed by atoms with Gasteiger partial charge in [-0.2, -0.15) is 5.26 Å². The van der Waals surface area contributed by atoms with Crippen LogP contribution in [-0.4, -0.2) is 31.6 Å². The highest BCUT2D eigenvalue weighted by Gasteiger charge is 2.12. The second-order valence-corrected chi connectivity index (χ2v) is 4.99. The van der Waals surface area contributed by atoms with Crippen LogP contribution in [0, 0.1) is 32.1 Å². The average Bonchev–Trinajstić information content (AvgIpc) is 2.30. The lowest BCUT2D eigenvalue weighted by Gasteiger charge is -2.22. The van der Waals surface area contributed by atoms with Gasteiger partial charge in [0.05, 0.1) is 18.5 Å². The van der Waals surface area contributed by atoms with E-state index in [1.54, 1.807) is 0 Å². The van der Waals surface area contributed by atoms with Crippen LogP contribution in [0.2, 0.25) is 0 Å². The van der Waals surface area contributed by atoms with E-state index in [-0.39, 0.29) is 6.04 Å². The normalized spacial score (nSPS) is 12.3.